The second-order valence-corrected chi connectivity index (χ2v) is 7.79. The minimum atomic E-state index is -1.00. The molecule has 3 aromatic heterocycles. The van der Waals surface area contributed by atoms with Gasteiger partial charge in [0.05, 0.1) is 35.6 Å². The molecule has 1 fully saturated rings. The lowest BCUT2D eigenvalue weighted by molar-refractivity contribution is 0.0935. The van der Waals surface area contributed by atoms with Crippen LogP contribution in [0.2, 0.25) is 0 Å². The normalized spacial score (nSPS) is 18.2. The molecule has 5 rings (SSSR count). The number of hydrogen-bond acceptors (Lipinski definition) is 5. The Labute approximate surface area is 182 Å². The van der Waals surface area contributed by atoms with Gasteiger partial charge >= 0.3 is 6.09 Å². The Balaban J connectivity index is 1.27. The molecule has 0 radical (unpaired) electrons. The van der Waals surface area contributed by atoms with Crippen LogP contribution in [0.4, 0.5) is 4.79 Å². The molecule has 0 unspecified atom stereocenters. The predicted molar refractivity (Wildman–Crippen MR) is 116 cm³/mol. The molecule has 4 heterocycles. The van der Waals surface area contributed by atoms with Crippen molar-refractivity contribution in [2.75, 3.05) is 6.54 Å². The number of pyridine rings is 1. The largest absolute Gasteiger partial charge is 0.465 e. The number of amides is 2. The van der Waals surface area contributed by atoms with Gasteiger partial charge in [-0.3, -0.25) is 19.6 Å². The molecule has 1 aliphatic rings. The first-order valence-electron chi connectivity index (χ1n) is 10.2. The summed E-state index contributed by atoms with van der Waals surface area (Å²) in [5, 5.41) is 24.6. The van der Waals surface area contributed by atoms with Crippen LogP contribution in [0.3, 0.4) is 0 Å². The van der Waals surface area contributed by atoms with Gasteiger partial charge < -0.3 is 15.3 Å². The van der Waals surface area contributed by atoms with E-state index in [1.54, 1.807) is 41.5 Å². The second-order valence-electron chi connectivity index (χ2n) is 7.79. The van der Waals surface area contributed by atoms with E-state index in [0.717, 1.165) is 22.2 Å². The molecule has 0 bridgehead atoms. The molecular weight excluding hydrogens is 410 g/mol. The molecule has 3 N–H and O–H groups in total. The lowest BCUT2D eigenvalue weighted by Crippen LogP contribution is -2.39. The minimum absolute atomic E-state index is 0.237. The number of hydrogen-bond donors (Lipinski definition) is 3. The number of rotatable bonds is 5. The minimum Gasteiger partial charge on any atom is -0.465 e. The van der Waals surface area contributed by atoms with E-state index < -0.39 is 6.09 Å². The molecule has 0 aliphatic carbocycles. The summed E-state index contributed by atoms with van der Waals surface area (Å²) in [6, 6.07) is 10.6. The van der Waals surface area contributed by atoms with Crippen LogP contribution in [0.1, 0.15) is 16.8 Å². The van der Waals surface area contributed by atoms with Gasteiger partial charge in [-0.25, -0.2) is 4.79 Å². The first-order valence-corrected chi connectivity index (χ1v) is 10.2. The van der Waals surface area contributed by atoms with Gasteiger partial charge in [-0.15, -0.1) is 0 Å². The number of fused-ring (bicyclic) bond motifs is 1. The van der Waals surface area contributed by atoms with Gasteiger partial charge in [0.15, 0.2) is 0 Å². The fraction of sp³-hybridized carbons (Fsp3) is 0.227. The monoisotopic (exact) mass is 431 g/mol. The molecule has 32 heavy (non-hydrogen) atoms. The zero-order valence-electron chi connectivity index (χ0n) is 17.0. The lowest BCUT2D eigenvalue weighted by Gasteiger charge is -2.20. The van der Waals surface area contributed by atoms with E-state index in [0.29, 0.717) is 18.5 Å². The molecule has 4 aromatic rings. The highest BCUT2D eigenvalue weighted by atomic mass is 16.4. The highest BCUT2D eigenvalue weighted by Crippen LogP contribution is 2.26. The number of carbonyl (C=O) groups excluding carboxylic acids is 1. The molecule has 0 spiro atoms. The Morgan fingerprint density at radius 3 is 2.84 bits per heavy atom. The summed E-state index contributed by atoms with van der Waals surface area (Å²) in [6.07, 6.45) is 6.26. The number of aromatic nitrogens is 5. The first kappa shape index (κ1) is 19.7. The fourth-order valence-corrected chi connectivity index (χ4v) is 4.20. The molecule has 10 heteroatoms. The van der Waals surface area contributed by atoms with Crippen molar-refractivity contribution in [3.8, 4) is 11.3 Å². The summed E-state index contributed by atoms with van der Waals surface area (Å²) < 4.78 is 1.70. The third kappa shape index (κ3) is 3.78. The fourth-order valence-electron chi connectivity index (χ4n) is 4.20. The SMILES string of the molecule is O=C(N[C@@H]1C[C@@H](Cn2cccn2)N(C(=O)O)C1)c1ccc(-c2cccc3[nH]ncc23)nc1. The maximum absolute atomic E-state index is 12.8. The van der Waals surface area contributed by atoms with Crippen molar-refractivity contribution >= 4 is 22.9 Å². The molecule has 162 valence electrons. The topological polar surface area (TPSA) is 129 Å². The van der Waals surface area contributed by atoms with Gasteiger partial charge in [0.2, 0.25) is 0 Å². The molecule has 2 atom stereocenters. The third-order valence-electron chi connectivity index (χ3n) is 5.74. The number of carboxylic acid groups (broad SMARTS) is 1. The first-order chi connectivity index (χ1) is 15.6. The van der Waals surface area contributed by atoms with Crippen molar-refractivity contribution in [3.05, 3.63) is 66.7 Å². The van der Waals surface area contributed by atoms with Crippen LogP contribution < -0.4 is 5.32 Å². The van der Waals surface area contributed by atoms with Crippen LogP contribution in [0, 0.1) is 0 Å². The summed E-state index contributed by atoms with van der Waals surface area (Å²) in [5.41, 5.74) is 3.01. The number of H-pyrrole nitrogens is 1. The van der Waals surface area contributed by atoms with E-state index in [1.165, 1.54) is 11.1 Å². The van der Waals surface area contributed by atoms with Gasteiger partial charge in [0.1, 0.15) is 0 Å². The van der Waals surface area contributed by atoms with E-state index in [9.17, 15) is 14.7 Å². The molecule has 1 aliphatic heterocycles. The molecule has 2 amide bonds. The van der Waals surface area contributed by atoms with Crippen molar-refractivity contribution in [3.63, 3.8) is 0 Å². The smallest absolute Gasteiger partial charge is 0.407 e. The summed E-state index contributed by atoms with van der Waals surface area (Å²) >= 11 is 0. The lowest BCUT2D eigenvalue weighted by atomic mass is 10.1. The quantitative estimate of drug-likeness (QED) is 0.445. The Hall–Kier alpha value is -4.21. The summed E-state index contributed by atoms with van der Waals surface area (Å²) in [7, 11) is 0. The average molecular weight is 431 g/mol. The number of likely N-dealkylation sites (tertiary alicyclic amines) is 1. The summed E-state index contributed by atoms with van der Waals surface area (Å²) in [6.45, 7) is 0.683. The zero-order valence-corrected chi connectivity index (χ0v) is 17.0. The van der Waals surface area contributed by atoms with Gasteiger partial charge in [0, 0.05) is 42.1 Å². The van der Waals surface area contributed by atoms with E-state index in [-0.39, 0.29) is 24.5 Å². The summed E-state index contributed by atoms with van der Waals surface area (Å²) in [5.74, 6) is -0.277. The average Bonchev–Trinajstić information content (AvgIpc) is 3.55. The van der Waals surface area contributed by atoms with E-state index >= 15 is 0 Å². The van der Waals surface area contributed by atoms with E-state index in [1.807, 2.05) is 18.2 Å². The van der Waals surface area contributed by atoms with Gasteiger partial charge in [-0.2, -0.15) is 10.2 Å². The van der Waals surface area contributed by atoms with Crippen molar-refractivity contribution in [1.82, 2.24) is 35.2 Å². The highest BCUT2D eigenvalue weighted by molar-refractivity contribution is 5.96. The Morgan fingerprint density at radius 1 is 1.19 bits per heavy atom. The Bertz CT molecular complexity index is 1250. The number of nitrogens with one attached hydrogen (secondary N) is 2. The number of aromatic amines is 1. The van der Waals surface area contributed by atoms with Crippen LogP contribution in [0.25, 0.3) is 22.2 Å². The van der Waals surface area contributed by atoms with Crippen LogP contribution in [-0.2, 0) is 6.54 Å². The molecule has 0 saturated carbocycles. The second kappa shape index (κ2) is 8.14. The predicted octanol–water partition coefficient (Wildman–Crippen LogP) is 2.37. The standard InChI is InChI=1S/C22H21N7O3/c30-21(26-15-9-16(29(12-15)22(31)32)13-28-8-2-7-25-28)14-5-6-19(23-10-14)17-3-1-4-20-18(17)11-24-27-20/h1-8,10-11,15-16H,9,12-13H2,(H,24,27)(H,26,30)(H,31,32)/t15-,16+/m1/s1. The van der Waals surface area contributed by atoms with Crippen LogP contribution >= 0.6 is 0 Å². The third-order valence-corrected chi connectivity index (χ3v) is 5.74. The molecular formula is C22H21N7O3. The van der Waals surface area contributed by atoms with E-state index in [2.05, 4.69) is 25.6 Å². The van der Waals surface area contributed by atoms with Crippen molar-refractivity contribution in [2.24, 2.45) is 0 Å². The van der Waals surface area contributed by atoms with Crippen molar-refractivity contribution < 1.29 is 14.7 Å². The number of carbonyl (C=O) groups is 2. The van der Waals surface area contributed by atoms with Crippen molar-refractivity contribution in [2.45, 2.75) is 25.0 Å². The molecule has 1 saturated heterocycles. The van der Waals surface area contributed by atoms with Crippen LogP contribution in [0.15, 0.2) is 61.2 Å². The van der Waals surface area contributed by atoms with Gasteiger partial charge in [-0.05, 0) is 30.7 Å². The van der Waals surface area contributed by atoms with Crippen LogP contribution in [-0.4, -0.2) is 65.6 Å². The van der Waals surface area contributed by atoms with Gasteiger partial charge in [0.25, 0.3) is 5.91 Å². The maximum atomic E-state index is 12.8. The number of nitrogens with zero attached hydrogens (tertiary/aromatic N) is 5. The highest BCUT2D eigenvalue weighted by Gasteiger charge is 2.36. The Kier molecular flexibility index (Phi) is 5.02. The Morgan fingerprint density at radius 2 is 2.09 bits per heavy atom. The maximum Gasteiger partial charge on any atom is 0.407 e. The molecule has 10 nitrogen and oxygen atoms in total. The van der Waals surface area contributed by atoms with Crippen LogP contribution in [0.5, 0.6) is 0 Å². The zero-order chi connectivity index (χ0) is 22.1. The van der Waals surface area contributed by atoms with Crippen molar-refractivity contribution in [1.29, 1.82) is 0 Å². The summed E-state index contributed by atoms with van der Waals surface area (Å²) in [4.78, 5) is 30.2. The van der Waals surface area contributed by atoms with Gasteiger partial charge in [-0.1, -0.05) is 12.1 Å². The van der Waals surface area contributed by atoms with E-state index in [4.69, 9.17) is 0 Å². The molecule has 1 aromatic carbocycles. The number of benzene rings is 1.